The van der Waals surface area contributed by atoms with Gasteiger partial charge in [0.05, 0.1) is 29.7 Å². The summed E-state index contributed by atoms with van der Waals surface area (Å²) in [7, 11) is 0. The SMILES string of the molecule is CC(C)N1Cc2c(-c3ccccc3)ncn2[C@@]2(CCCN(C(=O)Cc3cccc(F)c3)C2)C1. The molecule has 0 N–H and O–H groups in total. The van der Waals surface area contributed by atoms with Gasteiger partial charge in [0.2, 0.25) is 5.91 Å². The van der Waals surface area contributed by atoms with Gasteiger partial charge in [-0.3, -0.25) is 9.69 Å². The van der Waals surface area contributed by atoms with Crippen LogP contribution in [0.25, 0.3) is 11.3 Å². The van der Waals surface area contributed by atoms with E-state index in [9.17, 15) is 9.18 Å². The van der Waals surface area contributed by atoms with Gasteiger partial charge in [-0.05, 0) is 44.4 Å². The fourth-order valence-electron chi connectivity index (χ4n) is 5.42. The molecule has 33 heavy (non-hydrogen) atoms. The number of carbonyl (C=O) groups is 1. The van der Waals surface area contributed by atoms with Crippen molar-refractivity contribution in [1.82, 2.24) is 19.4 Å². The summed E-state index contributed by atoms with van der Waals surface area (Å²) < 4.78 is 16.0. The quantitative estimate of drug-likeness (QED) is 0.594. The van der Waals surface area contributed by atoms with Crippen LogP contribution >= 0.6 is 0 Å². The fourth-order valence-corrected chi connectivity index (χ4v) is 5.42. The van der Waals surface area contributed by atoms with E-state index in [0.29, 0.717) is 12.6 Å². The number of halogens is 1. The Labute approximate surface area is 194 Å². The van der Waals surface area contributed by atoms with Crippen LogP contribution in [0.5, 0.6) is 0 Å². The third-order valence-corrected chi connectivity index (χ3v) is 7.16. The Hall–Kier alpha value is -2.99. The van der Waals surface area contributed by atoms with Gasteiger partial charge in [-0.1, -0.05) is 42.5 Å². The summed E-state index contributed by atoms with van der Waals surface area (Å²) in [5, 5.41) is 0. The molecule has 1 spiro atoms. The molecule has 5 nitrogen and oxygen atoms in total. The van der Waals surface area contributed by atoms with Gasteiger partial charge in [-0.2, -0.15) is 0 Å². The number of amides is 1. The molecule has 1 aromatic heterocycles. The lowest BCUT2D eigenvalue weighted by molar-refractivity contribution is -0.134. The van der Waals surface area contributed by atoms with Crippen molar-refractivity contribution >= 4 is 5.91 Å². The van der Waals surface area contributed by atoms with Gasteiger partial charge in [0, 0.05) is 37.8 Å². The van der Waals surface area contributed by atoms with Gasteiger partial charge < -0.3 is 9.47 Å². The van der Waals surface area contributed by atoms with E-state index in [0.717, 1.165) is 49.3 Å². The molecule has 1 atom stereocenters. The molecule has 0 bridgehead atoms. The summed E-state index contributed by atoms with van der Waals surface area (Å²) in [6.45, 7) is 7.61. The van der Waals surface area contributed by atoms with E-state index in [4.69, 9.17) is 4.98 Å². The number of fused-ring (bicyclic) bond motifs is 2. The first-order valence-electron chi connectivity index (χ1n) is 11.8. The van der Waals surface area contributed by atoms with E-state index in [-0.39, 0.29) is 23.7 Å². The Kier molecular flexibility index (Phi) is 5.79. The summed E-state index contributed by atoms with van der Waals surface area (Å²) in [6, 6.07) is 17.1. The molecule has 6 heteroatoms. The van der Waals surface area contributed by atoms with Crippen molar-refractivity contribution in [2.45, 2.75) is 51.2 Å². The number of nitrogens with zero attached hydrogens (tertiary/aromatic N) is 4. The van der Waals surface area contributed by atoms with Crippen molar-refractivity contribution in [3.63, 3.8) is 0 Å². The van der Waals surface area contributed by atoms with Crippen molar-refractivity contribution in [1.29, 1.82) is 0 Å². The zero-order chi connectivity index (χ0) is 23.0. The smallest absolute Gasteiger partial charge is 0.227 e. The van der Waals surface area contributed by atoms with Crippen LogP contribution in [0.15, 0.2) is 60.9 Å². The first kappa shape index (κ1) is 21.8. The Morgan fingerprint density at radius 3 is 2.70 bits per heavy atom. The van der Waals surface area contributed by atoms with Crippen molar-refractivity contribution in [2.24, 2.45) is 0 Å². The minimum Gasteiger partial charge on any atom is -0.340 e. The molecule has 3 heterocycles. The molecule has 0 aliphatic carbocycles. The number of hydrogen-bond acceptors (Lipinski definition) is 3. The number of imidazole rings is 1. The molecule has 5 rings (SSSR count). The molecule has 2 aliphatic rings. The number of carbonyl (C=O) groups excluding carboxylic acids is 1. The predicted molar refractivity (Wildman–Crippen MR) is 127 cm³/mol. The summed E-state index contributed by atoms with van der Waals surface area (Å²) in [6.07, 6.45) is 4.17. The summed E-state index contributed by atoms with van der Waals surface area (Å²) >= 11 is 0. The molecule has 0 unspecified atom stereocenters. The minimum absolute atomic E-state index is 0.0614. The second-order valence-corrected chi connectivity index (χ2v) is 9.72. The highest BCUT2D eigenvalue weighted by atomic mass is 19.1. The van der Waals surface area contributed by atoms with E-state index in [1.807, 2.05) is 35.5 Å². The maximum absolute atomic E-state index is 13.6. The highest BCUT2D eigenvalue weighted by Crippen LogP contribution is 2.39. The summed E-state index contributed by atoms with van der Waals surface area (Å²) in [5.74, 6) is -0.238. The molecular formula is C27H31FN4O. The van der Waals surface area contributed by atoms with Gasteiger partial charge >= 0.3 is 0 Å². The third-order valence-electron chi connectivity index (χ3n) is 7.16. The molecule has 1 saturated heterocycles. The number of aromatic nitrogens is 2. The normalized spacial score (nSPS) is 20.9. The van der Waals surface area contributed by atoms with E-state index < -0.39 is 0 Å². The van der Waals surface area contributed by atoms with E-state index in [1.165, 1.54) is 17.8 Å². The van der Waals surface area contributed by atoms with Crippen molar-refractivity contribution in [3.05, 3.63) is 78.0 Å². The fraction of sp³-hybridized carbons (Fsp3) is 0.407. The van der Waals surface area contributed by atoms with Crippen molar-refractivity contribution in [3.8, 4) is 11.3 Å². The number of likely N-dealkylation sites (tertiary alicyclic amines) is 1. The number of benzene rings is 2. The van der Waals surface area contributed by atoms with Crippen LogP contribution < -0.4 is 0 Å². The van der Waals surface area contributed by atoms with Crippen LogP contribution in [-0.4, -0.2) is 50.9 Å². The zero-order valence-corrected chi connectivity index (χ0v) is 19.4. The molecule has 2 aromatic carbocycles. The zero-order valence-electron chi connectivity index (χ0n) is 19.4. The van der Waals surface area contributed by atoms with Crippen LogP contribution in [-0.2, 0) is 23.3 Å². The standard InChI is InChI=1S/C27H31FN4O/c1-20(2)31-16-24-26(22-9-4-3-5-10-22)29-19-32(24)27(18-31)12-7-13-30(17-27)25(33)15-21-8-6-11-23(28)14-21/h3-6,8-11,14,19-20H,7,12-13,15-18H2,1-2H3/t27-/m1/s1. The lowest BCUT2D eigenvalue weighted by Crippen LogP contribution is -2.60. The van der Waals surface area contributed by atoms with Crippen molar-refractivity contribution in [2.75, 3.05) is 19.6 Å². The molecule has 0 radical (unpaired) electrons. The van der Waals surface area contributed by atoms with Crippen LogP contribution in [0, 0.1) is 5.82 Å². The minimum atomic E-state index is -0.299. The van der Waals surface area contributed by atoms with Gasteiger partial charge in [0.15, 0.2) is 0 Å². The topological polar surface area (TPSA) is 41.4 Å². The third kappa shape index (κ3) is 4.20. The van der Waals surface area contributed by atoms with E-state index in [1.54, 1.807) is 6.07 Å². The van der Waals surface area contributed by atoms with Crippen LogP contribution in [0.2, 0.25) is 0 Å². The first-order valence-corrected chi connectivity index (χ1v) is 11.8. The van der Waals surface area contributed by atoms with E-state index >= 15 is 0 Å². The van der Waals surface area contributed by atoms with E-state index in [2.05, 4.69) is 35.4 Å². The maximum atomic E-state index is 13.6. The molecule has 1 fully saturated rings. The summed E-state index contributed by atoms with van der Waals surface area (Å²) in [4.78, 5) is 22.6. The Morgan fingerprint density at radius 2 is 1.94 bits per heavy atom. The number of rotatable bonds is 4. The number of hydrogen-bond donors (Lipinski definition) is 0. The second-order valence-electron chi connectivity index (χ2n) is 9.72. The number of piperidine rings is 1. The molecule has 172 valence electrons. The first-order chi connectivity index (χ1) is 15.9. The molecule has 2 aliphatic heterocycles. The second kappa shape index (κ2) is 8.75. The summed E-state index contributed by atoms with van der Waals surface area (Å²) in [5.41, 5.74) is 3.90. The van der Waals surface area contributed by atoms with Crippen LogP contribution in [0.1, 0.15) is 37.9 Å². The Morgan fingerprint density at radius 1 is 1.12 bits per heavy atom. The largest absolute Gasteiger partial charge is 0.340 e. The van der Waals surface area contributed by atoms with Crippen LogP contribution in [0.4, 0.5) is 4.39 Å². The highest BCUT2D eigenvalue weighted by Gasteiger charge is 2.45. The average molecular weight is 447 g/mol. The van der Waals surface area contributed by atoms with Gasteiger partial charge in [0.25, 0.3) is 0 Å². The molecule has 0 saturated carbocycles. The lowest BCUT2D eigenvalue weighted by atomic mass is 9.85. The Bertz CT molecular complexity index is 1140. The van der Waals surface area contributed by atoms with Crippen LogP contribution in [0.3, 0.4) is 0 Å². The van der Waals surface area contributed by atoms with Gasteiger partial charge in [-0.25, -0.2) is 9.37 Å². The predicted octanol–water partition coefficient (Wildman–Crippen LogP) is 4.47. The Balaban J connectivity index is 1.47. The molecule has 3 aromatic rings. The maximum Gasteiger partial charge on any atom is 0.227 e. The van der Waals surface area contributed by atoms with Crippen molar-refractivity contribution < 1.29 is 9.18 Å². The van der Waals surface area contributed by atoms with Gasteiger partial charge in [-0.15, -0.1) is 0 Å². The monoisotopic (exact) mass is 446 g/mol. The van der Waals surface area contributed by atoms with Gasteiger partial charge in [0.1, 0.15) is 5.82 Å². The lowest BCUT2D eigenvalue weighted by Gasteiger charge is -2.50. The average Bonchev–Trinajstić information content (AvgIpc) is 3.25. The molecular weight excluding hydrogens is 415 g/mol. The molecule has 1 amide bonds. The highest BCUT2D eigenvalue weighted by molar-refractivity contribution is 5.79.